The number of fused-ring (bicyclic) bond motifs is 1. The van der Waals surface area contributed by atoms with Gasteiger partial charge < -0.3 is 4.74 Å². The van der Waals surface area contributed by atoms with Gasteiger partial charge in [-0.1, -0.05) is 41.6 Å². The largest absolute Gasteiger partial charge is 0.435 e. The highest BCUT2D eigenvalue weighted by molar-refractivity contribution is 6.25. The second kappa shape index (κ2) is 10.5. The van der Waals surface area contributed by atoms with Crippen LogP contribution in [-0.2, 0) is 14.4 Å². The van der Waals surface area contributed by atoms with Gasteiger partial charge in [-0.15, -0.1) is 0 Å². The van der Waals surface area contributed by atoms with E-state index in [-0.39, 0.29) is 11.4 Å². The van der Waals surface area contributed by atoms with Gasteiger partial charge in [0.2, 0.25) is 0 Å². The molecule has 3 atom stereocenters. The molecule has 3 heterocycles. The van der Waals surface area contributed by atoms with Crippen LogP contribution in [0.1, 0.15) is 23.6 Å². The first-order chi connectivity index (χ1) is 19.8. The minimum atomic E-state index is -2.95. The Morgan fingerprint density at radius 3 is 2.44 bits per heavy atom. The van der Waals surface area contributed by atoms with Crippen molar-refractivity contribution in [3.05, 3.63) is 95.8 Å². The molecule has 3 aliphatic rings. The van der Waals surface area contributed by atoms with Gasteiger partial charge in [-0.25, -0.2) is 14.3 Å². The molecule has 0 saturated carbocycles. The summed E-state index contributed by atoms with van der Waals surface area (Å²) in [7, 11) is 0. The average Bonchev–Trinajstić information content (AvgIpc) is 3.65. The summed E-state index contributed by atoms with van der Waals surface area (Å²) in [6.45, 7) is -3.35. The van der Waals surface area contributed by atoms with Crippen LogP contribution < -0.4 is 9.64 Å². The van der Waals surface area contributed by atoms with Crippen LogP contribution in [0.2, 0.25) is 0 Å². The highest BCUT2D eigenvalue weighted by Crippen LogP contribution is 2.35. The number of amides is 3. The van der Waals surface area contributed by atoms with E-state index in [0.717, 1.165) is 21.5 Å². The maximum atomic E-state index is 13.8. The lowest BCUT2D eigenvalue weighted by Gasteiger charge is -2.25. The molecule has 0 N–H and O–H groups in total. The summed E-state index contributed by atoms with van der Waals surface area (Å²) in [5.74, 6) is -2.45. The summed E-state index contributed by atoms with van der Waals surface area (Å²) in [6, 6.07) is 17.4. The third-order valence-electron chi connectivity index (χ3n) is 6.98. The number of anilines is 1. The van der Waals surface area contributed by atoms with Crippen LogP contribution in [-0.4, -0.2) is 58.7 Å². The molecule has 1 saturated heterocycles. The van der Waals surface area contributed by atoms with Gasteiger partial charge in [-0.05, 0) is 53.6 Å². The molecule has 0 aromatic heterocycles. The van der Waals surface area contributed by atoms with Gasteiger partial charge >= 0.3 is 6.61 Å². The predicted octanol–water partition coefficient (Wildman–Crippen LogP) is 4.10. The zero-order valence-corrected chi connectivity index (χ0v) is 21.2. The summed E-state index contributed by atoms with van der Waals surface area (Å²) in [6.07, 6.45) is 0.336. The molecule has 13 heteroatoms. The number of hydrogen-bond acceptors (Lipinski definition) is 8. The normalized spacial score (nSPS) is 21.6. The van der Waals surface area contributed by atoms with Crippen molar-refractivity contribution in [3.63, 3.8) is 0 Å². The Morgan fingerprint density at radius 2 is 1.73 bits per heavy atom. The van der Waals surface area contributed by atoms with E-state index in [2.05, 4.69) is 20.2 Å². The Bertz CT molecular complexity index is 1570. The topological polar surface area (TPSA) is 107 Å². The number of carbonyl (C=O) groups is 3. The lowest BCUT2D eigenvalue weighted by atomic mass is 9.98. The van der Waals surface area contributed by atoms with Gasteiger partial charge in [-0.2, -0.15) is 19.0 Å². The number of halogens is 3. The molecule has 0 spiro atoms. The van der Waals surface area contributed by atoms with E-state index in [1.807, 2.05) is 30.3 Å². The maximum absolute atomic E-state index is 13.8. The van der Waals surface area contributed by atoms with Crippen LogP contribution in [0.25, 0.3) is 0 Å². The van der Waals surface area contributed by atoms with Crippen molar-refractivity contribution in [2.24, 2.45) is 15.4 Å². The molecule has 41 heavy (non-hydrogen) atoms. The minimum Gasteiger partial charge on any atom is -0.435 e. The van der Waals surface area contributed by atoms with Crippen LogP contribution in [0.4, 0.5) is 18.9 Å². The average molecular weight is 563 g/mol. The van der Waals surface area contributed by atoms with Crippen LogP contribution in [0.3, 0.4) is 0 Å². The second-order valence-electron chi connectivity index (χ2n) is 9.50. The Hall–Kier alpha value is -5.07. The number of imide groups is 1. The molecule has 0 radical (unpaired) electrons. The van der Waals surface area contributed by atoms with E-state index in [4.69, 9.17) is 0 Å². The molecule has 1 fully saturated rings. The Kier molecular flexibility index (Phi) is 6.69. The fraction of sp³-hybridized carbons (Fsp3) is 0.214. The number of rotatable bonds is 7. The number of alkyl halides is 2. The zero-order chi connectivity index (χ0) is 28.7. The van der Waals surface area contributed by atoms with Gasteiger partial charge in [0.25, 0.3) is 17.7 Å². The monoisotopic (exact) mass is 562 g/mol. The molecule has 3 aliphatic heterocycles. The Morgan fingerprint density at radius 1 is 0.976 bits per heavy atom. The Balaban J connectivity index is 1.24. The minimum absolute atomic E-state index is 0.00750. The van der Waals surface area contributed by atoms with Crippen molar-refractivity contribution < 1.29 is 32.3 Å². The van der Waals surface area contributed by atoms with E-state index in [0.29, 0.717) is 17.7 Å². The van der Waals surface area contributed by atoms with E-state index >= 15 is 0 Å². The van der Waals surface area contributed by atoms with E-state index in [1.54, 1.807) is 12.1 Å². The highest BCUT2D eigenvalue weighted by Gasteiger charge is 2.55. The molecule has 0 aliphatic carbocycles. The summed E-state index contributed by atoms with van der Waals surface area (Å²) >= 11 is 0. The number of hydrogen-bond donors (Lipinski definition) is 0. The number of ether oxygens (including phenoxy) is 1. The molecular weight excluding hydrogens is 541 g/mol. The van der Waals surface area contributed by atoms with Gasteiger partial charge in [0, 0.05) is 6.42 Å². The van der Waals surface area contributed by atoms with Crippen molar-refractivity contribution >= 4 is 29.1 Å². The van der Waals surface area contributed by atoms with Gasteiger partial charge in [0.15, 0.2) is 12.1 Å². The predicted molar refractivity (Wildman–Crippen MR) is 138 cm³/mol. The van der Waals surface area contributed by atoms with Crippen LogP contribution in [0.15, 0.2) is 94.3 Å². The van der Waals surface area contributed by atoms with Crippen LogP contribution >= 0.6 is 0 Å². The smallest absolute Gasteiger partial charge is 0.387 e. The Labute approximate surface area is 231 Å². The summed E-state index contributed by atoms with van der Waals surface area (Å²) < 4.78 is 43.3. The molecule has 208 valence electrons. The molecule has 3 amide bonds. The van der Waals surface area contributed by atoms with Crippen molar-refractivity contribution in [2.75, 3.05) is 11.4 Å². The van der Waals surface area contributed by atoms with Gasteiger partial charge in [-0.3, -0.25) is 19.4 Å². The van der Waals surface area contributed by atoms with Crippen LogP contribution in [0.5, 0.6) is 5.75 Å². The lowest BCUT2D eigenvalue weighted by molar-refractivity contribution is -0.135. The maximum Gasteiger partial charge on any atom is 0.387 e. The van der Waals surface area contributed by atoms with Crippen molar-refractivity contribution in [3.8, 4) is 5.75 Å². The number of hydrazone groups is 1. The molecule has 6 rings (SSSR count). The molecule has 0 unspecified atom stereocenters. The zero-order valence-electron chi connectivity index (χ0n) is 21.2. The molecule has 10 nitrogen and oxygen atoms in total. The van der Waals surface area contributed by atoms with E-state index in [9.17, 15) is 27.6 Å². The molecule has 0 bridgehead atoms. The van der Waals surface area contributed by atoms with Crippen LogP contribution in [0, 0.1) is 5.82 Å². The second-order valence-corrected chi connectivity index (χ2v) is 9.50. The van der Waals surface area contributed by atoms with E-state index in [1.165, 1.54) is 35.3 Å². The third kappa shape index (κ3) is 4.90. The first kappa shape index (κ1) is 26.2. The number of nitrogens with zero attached hydrogens (tertiary/aromatic N) is 6. The number of benzene rings is 3. The number of carbonyl (C=O) groups excluding carboxylic acids is 3. The molecular formula is C28H21F3N6O4. The van der Waals surface area contributed by atoms with Gasteiger partial charge in [0.1, 0.15) is 18.1 Å². The highest BCUT2D eigenvalue weighted by atomic mass is 19.3. The lowest BCUT2D eigenvalue weighted by Crippen LogP contribution is -2.44. The molecule has 3 aromatic rings. The molecule has 3 aromatic carbocycles. The fourth-order valence-corrected chi connectivity index (χ4v) is 5.11. The summed E-state index contributed by atoms with van der Waals surface area (Å²) in [4.78, 5) is 40.7. The van der Waals surface area contributed by atoms with Crippen molar-refractivity contribution in [1.82, 2.24) is 10.0 Å². The van der Waals surface area contributed by atoms with Crippen molar-refractivity contribution in [2.45, 2.75) is 31.2 Å². The summed E-state index contributed by atoms with van der Waals surface area (Å²) in [5.41, 5.74) is 2.04. The van der Waals surface area contributed by atoms with Crippen molar-refractivity contribution in [1.29, 1.82) is 0 Å². The first-order valence-electron chi connectivity index (χ1n) is 12.6. The van der Waals surface area contributed by atoms with E-state index < -0.39 is 54.8 Å². The first-order valence-corrected chi connectivity index (χ1v) is 12.6. The third-order valence-corrected chi connectivity index (χ3v) is 6.98. The standard InChI is InChI=1S/C28H21F3N6O4/c29-18-7-4-8-19(13-18)36-26(39)24-25(27(36)40)35(34-32-24)15-23(38)37-22(17-5-2-1-3-6-17)14-21(33-37)16-9-11-20(12-10-16)41-28(30)31/h1-13,22,24-25,28H,14-15H2/t22-,24+,25-/m0/s1. The quantitative estimate of drug-likeness (QED) is 0.403. The van der Waals surface area contributed by atoms with Gasteiger partial charge in [0.05, 0.1) is 17.4 Å². The summed E-state index contributed by atoms with van der Waals surface area (Å²) in [5, 5.41) is 14.9. The SMILES string of the molecule is O=C1[C@@H]2[C@@H](N=NN2CC(=O)N2N=C(c3ccc(OC(F)F)cc3)C[C@H]2c2ccccc2)C(=O)N1c1cccc(F)c1. The fourth-order valence-electron chi connectivity index (χ4n) is 5.11.